The summed E-state index contributed by atoms with van der Waals surface area (Å²) >= 11 is 5.83. The van der Waals surface area contributed by atoms with Crippen LogP contribution in [0.15, 0.2) is 81.9 Å². The smallest absolute Gasteiger partial charge is 0.314 e. The van der Waals surface area contributed by atoms with Crippen molar-refractivity contribution >= 4 is 90.5 Å². The number of fused-ring (bicyclic) bond motifs is 1. The number of phenolic OH excluding ortho intramolecular Hbond substituents is 2. The van der Waals surface area contributed by atoms with Crippen LogP contribution in [-0.2, 0) is 10.1 Å². The Bertz CT molecular complexity index is 1620. The van der Waals surface area contributed by atoms with Crippen molar-refractivity contribution in [2.45, 2.75) is 4.90 Å². The van der Waals surface area contributed by atoms with E-state index in [1.165, 1.54) is 6.07 Å². The van der Waals surface area contributed by atoms with Crippen molar-refractivity contribution in [1.29, 1.82) is 0 Å². The monoisotopic (exact) mass is 537 g/mol. The van der Waals surface area contributed by atoms with Crippen LogP contribution >= 0.6 is 11.6 Å². The number of phenols is 2. The summed E-state index contributed by atoms with van der Waals surface area (Å²) in [5.41, 5.74) is -0.484. The van der Waals surface area contributed by atoms with E-state index in [1.807, 2.05) is 30.3 Å². The van der Waals surface area contributed by atoms with Crippen LogP contribution in [0.1, 0.15) is 0 Å². The third kappa shape index (κ3) is 5.75. The Morgan fingerprint density at radius 1 is 0.917 bits per heavy atom. The van der Waals surface area contributed by atoms with E-state index >= 15 is 0 Å². The predicted octanol–water partition coefficient (Wildman–Crippen LogP) is 5.84. The number of anilines is 2. The second-order valence-corrected chi connectivity index (χ2v) is 9.05. The Labute approximate surface area is 231 Å². The van der Waals surface area contributed by atoms with Crippen molar-refractivity contribution in [3.8, 4) is 11.5 Å². The van der Waals surface area contributed by atoms with Crippen LogP contribution in [0.25, 0.3) is 10.8 Å². The van der Waals surface area contributed by atoms with Crippen molar-refractivity contribution < 1.29 is 28.1 Å². The first kappa shape index (κ1) is 27.3. The largest absolute Gasteiger partial charge is 0.505 e. The zero-order chi connectivity index (χ0) is 25.3. The molecule has 179 valence electrons. The average Bonchev–Trinajstić information content (AvgIpc) is 2.80. The SMILES string of the molecule is O=[N+]([O-])c1cc(Cl)cc(N=Nc2c(S(=O)(=O)O)cc3cc(Nc4ccccc4)ccc3c2O)c1O.[Na]. The van der Waals surface area contributed by atoms with Crippen molar-refractivity contribution in [2.75, 3.05) is 5.32 Å². The maximum Gasteiger partial charge on any atom is 0.314 e. The molecule has 0 aromatic heterocycles. The number of nitrogens with one attached hydrogen (secondary N) is 1. The predicted molar refractivity (Wildman–Crippen MR) is 135 cm³/mol. The molecule has 4 rings (SSSR count). The molecular formula is C22H15ClN4NaO7S. The van der Waals surface area contributed by atoms with Gasteiger partial charge >= 0.3 is 5.69 Å². The summed E-state index contributed by atoms with van der Waals surface area (Å²) in [6, 6.07) is 16.9. The molecule has 4 N–H and O–H groups in total. The fraction of sp³-hybridized carbons (Fsp3) is 0. The van der Waals surface area contributed by atoms with Crippen molar-refractivity contribution in [3.63, 3.8) is 0 Å². The van der Waals surface area contributed by atoms with Gasteiger partial charge in [0.05, 0.1) is 4.92 Å². The quantitative estimate of drug-likeness (QED) is 0.0779. The molecule has 0 aliphatic carbocycles. The van der Waals surface area contributed by atoms with Gasteiger partial charge in [-0.05, 0) is 47.9 Å². The van der Waals surface area contributed by atoms with Crippen LogP contribution in [0.2, 0.25) is 5.02 Å². The first-order valence-electron chi connectivity index (χ1n) is 9.72. The molecule has 0 saturated heterocycles. The Morgan fingerprint density at radius 3 is 2.25 bits per heavy atom. The first-order chi connectivity index (χ1) is 16.5. The Morgan fingerprint density at radius 2 is 1.61 bits per heavy atom. The van der Waals surface area contributed by atoms with Gasteiger partial charge in [0.15, 0.2) is 5.75 Å². The van der Waals surface area contributed by atoms with Gasteiger partial charge in [-0.15, -0.1) is 10.2 Å². The maximum absolute atomic E-state index is 12.1. The van der Waals surface area contributed by atoms with E-state index in [0.29, 0.717) is 5.69 Å². The van der Waals surface area contributed by atoms with E-state index in [-0.39, 0.29) is 45.4 Å². The first-order valence-corrected chi connectivity index (χ1v) is 11.5. The third-order valence-corrected chi connectivity index (χ3v) is 5.97. The average molecular weight is 538 g/mol. The molecular weight excluding hydrogens is 523 g/mol. The summed E-state index contributed by atoms with van der Waals surface area (Å²) in [6.07, 6.45) is 0. The number of hydrogen-bond donors (Lipinski definition) is 4. The molecule has 0 fully saturated rings. The van der Waals surface area contributed by atoms with Gasteiger partial charge in [0, 0.05) is 57.4 Å². The minimum Gasteiger partial charge on any atom is -0.505 e. The van der Waals surface area contributed by atoms with Crippen molar-refractivity contribution in [1.82, 2.24) is 0 Å². The second kappa shape index (κ2) is 10.8. The summed E-state index contributed by atoms with van der Waals surface area (Å²) in [5.74, 6) is -1.49. The van der Waals surface area contributed by atoms with E-state index in [4.69, 9.17) is 11.6 Å². The zero-order valence-corrected chi connectivity index (χ0v) is 22.0. The van der Waals surface area contributed by atoms with Crippen molar-refractivity contribution in [2.24, 2.45) is 10.2 Å². The van der Waals surface area contributed by atoms with Gasteiger partial charge in [-0.2, -0.15) is 8.42 Å². The van der Waals surface area contributed by atoms with E-state index in [1.54, 1.807) is 12.1 Å². The van der Waals surface area contributed by atoms with Gasteiger partial charge in [0.2, 0.25) is 5.75 Å². The van der Waals surface area contributed by atoms with E-state index in [2.05, 4.69) is 15.5 Å². The molecule has 0 atom stereocenters. The third-order valence-electron chi connectivity index (χ3n) is 4.88. The number of benzene rings is 4. The molecule has 11 nitrogen and oxygen atoms in total. The van der Waals surface area contributed by atoms with E-state index < -0.39 is 48.5 Å². The molecule has 0 spiro atoms. The number of azo groups is 1. The summed E-state index contributed by atoms with van der Waals surface area (Å²) < 4.78 is 33.9. The summed E-state index contributed by atoms with van der Waals surface area (Å²) in [6.45, 7) is 0. The standard InChI is InChI=1S/C22H15ClN4O7S.Na/c23-13-10-17(22(29)18(11-13)27(30)31)25-26-20-19(35(32,33)34)9-12-8-15(6-7-16(12)21(20)28)24-14-4-2-1-3-5-14;/h1-11,24,28-29H,(H,32,33,34);. The van der Waals surface area contributed by atoms with Crippen LogP contribution < -0.4 is 5.32 Å². The summed E-state index contributed by atoms with van der Waals surface area (Å²) in [4.78, 5) is 9.43. The Hall–Kier alpha value is -3.26. The molecule has 0 bridgehead atoms. The fourth-order valence-corrected chi connectivity index (χ4v) is 4.17. The van der Waals surface area contributed by atoms with Gasteiger partial charge < -0.3 is 15.5 Å². The number of nitro groups is 1. The Kier molecular flexibility index (Phi) is 8.19. The molecule has 1 radical (unpaired) electrons. The molecule has 0 saturated carbocycles. The molecule has 0 aliphatic heterocycles. The number of hydrogen-bond acceptors (Lipinski definition) is 9. The number of halogens is 1. The van der Waals surface area contributed by atoms with Gasteiger partial charge in [0.1, 0.15) is 16.3 Å². The van der Waals surface area contributed by atoms with Gasteiger partial charge in [-0.25, -0.2) is 0 Å². The van der Waals surface area contributed by atoms with Crippen LogP contribution in [0, 0.1) is 10.1 Å². The van der Waals surface area contributed by atoms with Crippen LogP contribution in [0.5, 0.6) is 11.5 Å². The second-order valence-electron chi connectivity index (χ2n) is 7.22. The van der Waals surface area contributed by atoms with Crippen LogP contribution in [0.4, 0.5) is 28.4 Å². The molecule has 0 unspecified atom stereocenters. The van der Waals surface area contributed by atoms with Crippen LogP contribution in [-0.4, -0.2) is 57.7 Å². The fourth-order valence-electron chi connectivity index (χ4n) is 3.30. The maximum atomic E-state index is 12.1. The molecule has 14 heteroatoms. The van der Waals surface area contributed by atoms with E-state index in [0.717, 1.165) is 23.9 Å². The van der Waals surface area contributed by atoms with Gasteiger partial charge in [-0.1, -0.05) is 29.8 Å². The van der Waals surface area contributed by atoms with Gasteiger partial charge in [-0.3, -0.25) is 14.7 Å². The molecule has 0 amide bonds. The van der Waals surface area contributed by atoms with Gasteiger partial charge in [0.25, 0.3) is 10.1 Å². The molecule has 0 heterocycles. The number of nitro benzene ring substituents is 1. The molecule has 36 heavy (non-hydrogen) atoms. The minimum atomic E-state index is -4.89. The normalized spacial score (nSPS) is 11.4. The summed E-state index contributed by atoms with van der Waals surface area (Å²) in [7, 11) is -4.89. The van der Waals surface area contributed by atoms with Crippen molar-refractivity contribution in [3.05, 3.63) is 81.9 Å². The zero-order valence-electron chi connectivity index (χ0n) is 18.5. The molecule has 0 aliphatic rings. The Balaban J connectivity index is 0.00000361. The number of para-hydroxylation sites is 1. The van der Waals surface area contributed by atoms with E-state index in [9.17, 15) is 33.3 Å². The molecule has 4 aromatic rings. The number of rotatable bonds is 6. The number of aromatic hydroxyl groups is 2. The minimum absolute atomic E-state index is 0. The number of nitrogens with zero attached hydrogens (tertiary/aromatic N) is 3. The molecule has 4 aromatic carbocycles. The summed E-state index contributed by atoms with van der Waals surface area (Å²) in [5, 5.41) is 42.7. The van der Waals surface area contributed by atoms with Crippen LogP contribution in [0.3, 0.4) is 0 Å². The topological polar surface area (TPSA) is 175 Å².